The number of ether oxygens (including phenoxy) is 1. The van der Waals surface area contributed by atoms with Crippen LogP contribution >= 0.6 is 0 Å². The number of esters is 1. The number of nitrogens with zero attached hydrogens (tertiary/aromatic N) is 3. The van der Waals surface area contributed by atoms with Crippen molar-refractivity contribution in [3.05, 3.63) is 65.4 Å². The average Bonchev–Trinajstić information content (AvgIpc) is 2.73. The van der Waals surface area contributed by atoms with E-state index in [0.717, 1.165) is 18.5 Å². The minimum Gasteiger partial charge on any atom is -0.465 e. The van der Waals surface area contributed by atoms with E-state index in [1.807, 2.05) is 6.07 Å². The number of nitrogens with one attached hydrogen (secondary N) is 2. The smallest absolute Gasteiger partial charge is 0.337 e. The molecular weight excluding hydrogens is 354 g/mol. The van der Waals surface area contributed by atoms with Crippen LogP contribution in [-0.4, -0.2) is 28.3 Å². The molecule has 2 aromatic carbocycles. The second kappa shape index (κ2) is 8.94. The highest BCUT2D eigenvalue weighted by Crippen LogP contribution is 2.25. The summed E-state index contributed by atoms with van der Waals surface area (Å²) >= 11 is 0. The first kappa shape index (κ1) is 19.3. The predicted octanol–water partition coefficient (Wildman–Crippen LogP) is 4.27. The molecule has 0 aliphatic carbocycles. The monoisotopic (exact) mass is 377 g/mol. The van der Waals surface area contributed by atoms with Crippen molar-refractivity contribution in [2.24, 2.45) is 0 Å². The van der Waals surface area contributed by atoms with Gasteiger partial charge in [-0.1, -0.05) is 38.1 Å². The number of methoxy groups -OCH3 is 1. The van der Waals surface area contributed by atoms with Crippen LogP contribution in [0.5, 0.6) is 0 Å². The highest BCUT2D eigenvalue weighted by Gasteiger charge is 2.10. The largest absolute Gasteiger partial charge is 0.465 e. The van der Waals surface area contributed by atoms with Crippen molar-refractivity contribution in [3.8, 4) is 0 Å². The van der Waals surface area contributed by atoms with Gasteiger partial charge in [0.15, 0.2) is 5.82 Å². The maximum absolute atomic E-state index is 11.7. The molecule has 144 valence electrons. The van der Waals surface area contributed by atoms with Crippen molar-refractivity contribution in [1.82, 2.24) is 15.2 Å². The van der Waals surface area contributed by atoms with Crippen LogP contribution in [0.3, 0.4) is 0 Å². The molecule has 0 fully saturated rings. The zero-order valence-corrected chi connectivity index (χ0v) is 16.2. The molecule has 7 heteroatoms. The van der Waals surface area contributed by atoms with Crippen LogP contribution in [0.25, 0.3) is 0 Å². The fourth-order valence-electron chi connectivity index (χ4n) is 2.92. The predicted molar refractivity (Wildman–Crippen MR) is 109 cm³/mol. The van der Waals surface area contributed by atoms with Gasteiger partial charge in [-0.05, 0) is 42.2 Å². The molecule has 0 bridgehead atoms. The van der Waals surface area contributed by atoms with Crippen molar-refractivity contribution in [1.29, 1.82) is 0 Å². The Bertz CT molecular complexity index is 952. The third kappa shape index (κ3) is 4.43. The lowest BCUT2D eigenvalue weighted by Crippen LogP contribution is -2.06. The molecule has 3 aromatic rings. The highest BCUT2D eigenvalue weighted by atomic mass is 16.5. The molecule has 0 unspecified atom stereocenters. The first-order chi connectivity index (χ1) is 13.6. The number of hydrogen-bond acceptors (Lipinski definition) is 7. The number of rotatable bonds is 7. The normalized spacial score (nSPS) is 10.4. The lowest BCUT2D eigenvalue weighted by Gasteiger charge is -2.14. The number of para-hydroxylation sites is 1. The summed E-state index contributed by atoms with van der Waals surface area (Å²) < 4.78 is 4.76. The van der Waals surface area contributed by atoms with E-state index in [9.17, 15) is 4.79 Å². The molecule has 28 heavy (non-hydrogen) atoms. The first-order valence-corrected chi connectivity index (χ1v) is 9.17. The van der Waals surface area contributed by atoms with E-state index in [-0.39, 0.29) is 0 Å². The summed E-state index contributed by atoms with van der Waals surface area (Å²) in [6, 6.07) is 13.2. The molecule has 1 heterocycles. The summed E-state index contributed by atoms with van der Waals surface area (Å²) in [6.45, 7) is 4.23. The molecule has 0 radical (unpaired) electrons. The topological polar surface area (TPSA) is 89.0 Å². The van der Waals surface area contributed by atoms with Gasteiger partial charge in [0, 0.05) is 11.4 Å². The van der Waals surface area contributed by atoms with E-state index in [0.29, 0.717) is 23.0 Å². The Morgan fingerprint density at radius 2 is 1.75 bits per heavy atom. The molecule has 0 atom stereocenters. The summed E-state index contributed by atoms with van der Waals surface area (Å²) in [5, 5.41) is 14.6. The molecule has 0 amide bonds. The summed E-state index contributed by atoms with van der Waals surface area (Å²) in [7, 11) is 1.35. The molecule has 3 rings (SSSR count). The van der Waals surface area contributed by atoms with Gasteiger partial charge in [0.25, 0.3) is 0 Å². The molecule has 0 spiro atoms. The minimum atomic E-state index is -0.393. The lowest BCUT2D eigenvalue weighted by atomic mass is 10.0. The van der Waals surface area contributed by atoms with Crippen LogP contribution in [0.15, 0.2) is 48.7 Å². The SMILES string of the molecule is CCc1cccc(CC)c1Nc1nncc(Nc2cccc(C(=O)OC)c2)n1. The first-order valence-electron chi connectivity index (χ1n) is 9.17. The van der Waals surface area contributed by atoms with Gasteiger partial charge in [0.1, 0.15) is 0 Å². The van der Waals surface area contributed by atoms with Gasteiger partial charge >= 0.3 is 5.97 Å². The quantitative estimate of drug-likeness (QED) is 0.594. The zero-order chi connectivity index (χ0) is 19.9. The standard InChI is InChI=1S/C21H23N5O2/c1-4-14-8-6-9-15(5-2)19(14)25-21-24-18(13-22-26-21)23-17-11-7-10-16(12-17)20(27)28-3/h6-13H,4-5H2,1-3H3,(H2,23,24,25,26). The molecule has 0 saturated carbocycles. The number of hydrogen-bond donors (Lipinski definition) is 2. The third-order valence-corrected chi connectivity index (χ3v) is 4.35. The lowest BCUT2D eigenvalue weighted by molar-refractivity contribution is 0.0601. The number of carbonyl (C=O) groups excluding carboxylic acids is 1. The summed E-state index contributed by atoms with van der Waals surface area (Å²) in [6.07, 6.45) is 3.34. The Morgan fingerprint density at radius 1 is 1.04 bits per heavy atom. The summed E-state index contributed by atoms with van der Waals surface area (Å²) in [5.74, 6) is 0.534. The number of anilines is 4. The maximum Gasteiger partial charge on any atom is 0.337 e. The molecule has 0 aliphatic heterocycles. The average molecular weight is 377 g/mol. The second-order valence-corrected chi connectivity index (χ2v) is 6.15. The third-order valence-electron chi connectivity index (χ3n) is 4.35. The Morgan fingerprint density at radius 3 is 2.43 bits per heavy atom. The fourth-order valence-corrected chi connectivity index (χ4v) is 2.92. The van der Waals surface area contributed by atoms with Crippen LogP contribution in [-0.2, 0) is 17.6 Å². The Kier molecular flexibility index (Phi) is 6.16. The van der Waals surface area contributed by atoms with Gasteiger partial charge in [-0.2, -0.15) is 10.1 Å². The van der Waals surface area contributed by atoms with Gasteiger partial charge in [-0.15, -0.1) is 5.10 Å². The van der Waals surface area contributed by atoms with Crippen LogP contribution in [0.4, 0.5) is 23.1 Å². The van der Waals surface area contributed by atoms with Crippen molar-refractivity contribution in [3.63, 3.8) is 0 Å². The van der Waals surface area contributed by atoms with E-state index in [1.54, 1.807) is 18.2 Å². The summed E-state index contributed by atoms with van der Waals surface area (Å²) in [5.41, 5.74) is 4.59. The van der Waals surface area contributed by atoms with Crippen LogP contribution < -0.4 is 10.6 Å². The van der Waals surface area contributed by atoms with Crippen molar-refractivity contribution in [2.45, 2.75) is 26.7 Å². The van der Waals surface area contributed by atoms with Crippen LogP contribution in [0, 0.1) is 0 Å². The van der Waals surface area contributed by atoms with Crippen LogP contribution in [0.2, 0.25) is 0 Å². The number of aromatic nitrogens is 3. The molecule has 0 saturated heterocycles. The Labute approximate surface area is 164 Å². The van der Waals surface area contributed by atoms with E-state index in [2.05, 4.69) is 57.9 Å². The van der Waals surface area contributed by atoms with E-state index < -0.39 is 5.97 Å². The maximum atomic E-state index is 11.7. The molecule has 7 nitrogen and oxygen atoms in total. The Hall–Kier alpha value is -3.48. The van der Waals surface area contributed by atoms with Crippen molar-refractivity contribution < 1.29 is 9.53 Å². The van der Waals surface area contributed by atoms with E-state index in [1.165, 1.54) is 24.4 Å². The van der Waals surface area contributed by atoms with Gasteiger partial charge in [-0.3, -0.25) is 0 Å². The number of benzene rings is 2. The van der Waals surface area contributed by atoms with Gasteiger partial charge in [0.05, 0.1) is 18.9 Å². The van der Waals surface area contributed by atoms with Crippen molar-refractivity contribution >= 4 is 29.1 Å². The molecule has 2 N–H and O–H groups in total. The van der Waals surface area contributed by atoms with Gasteiger partial charge < -0.3 is 15.4 Å². The van der Waals surface area contributed by atoms with Crippen molar-refractivity contribution in [2.75, 3.05) is 17.7 Å². The Balaban J connectivity index is 1.83. The number of carbonyl (C=O) groups is 1. The minimum absolute atomic E-state index is 0.393. The fraction of sp³-hybridized carbons (Fsp3) is 0.238. The van der Waals surface area contributed by atoms with Crippen LogP contribution in [0.1, 0.15) is 35.3 Å². The molecule has 0 aliphatic rings. The molecular formula is C21H23N5O2. The van der Waals surface area contributed by atoms with Gasteiger partial charge in [0.2, 0.25) is 5.95 Å². The van der Waals surface area contributed by atoms with Gasteiger partial charge in [-0.25, -0.2) is 4.79 Å². The molecule has 1 aromatic heterocycles. The zero-order valence-electron chi connectivity index (χ0n) is 16.2. The number of aryl methyl sites for hydroxylation is 2. The second-order valence-electron chi connectivity index (χ2n) is 6.15. The van der Waals surface area contributed by atoms with E-state index >= 15 is 0 Å². The highest BCUT2D eigenvalue weighted by molar-refractivity contribution is 5.90. The summed E-state index contributed by atoms with van der Waals surface area (Å²) in [4.78, 5) is 16.2. The van der Waals surface area contributed by atoms with E-state index in [4.69, 9.17) is 4.74 Å².